The molecule has 0 aromatic carbocycles. The van der Waals surface area contributed by atoms with E-state index in [0.29, 0.717) is 11.6 Å². The quantitative estimate of drug-likeness (QED) is 0.668. The predicted octanol–water partition coefficient (Wildman–Crippen LogP) is 3.01. The summed E-state index contributed by atoms with van der Waals surface area (Å²) in [5.74, 6) is 0.497. The van der Waals surface area contributed by atoms with Crippen LogP contribution in [-0.2, 0) is 0 Å². The zero-order valence-corrected chi connectivity index (χ0v) is 9.21. The average molecular weight is 192 g/mol. The highest BCUT2D eigenvalue weighted by atomic mass is 14.8. The fourth-order valence-electron chi connectivity index (χ4n) is 1.80. The van der Waals surface area contributed by atoms with Gasteiger partial charge in [0.2, 0.25) is 0 Å². The van der Waals surface area contributed by atoms with Crippen molar-refractivity contribution in [3.63, 3.8) is 0 Å². The second-order valence-corrected chi connectivity index (χ2v) is 3.94. The number of nitrogens with two attached hydrogens (primary N) is 1. The molecule has 14 heavy (non-hydrogen) atoms. The smallest absolute Gasteiger partial charge is 0.0844 e. The van der Waals surface area contributed by atoms with Gasteiger partial charge in [-0.1, -0.05) is 32.8 Å². The van der Waals surface area contributed by atoms with Crippen molar-refractivity contribution in [2.24, 2.45) is 16.6 Å². The third kappa shape index (κ3) is 2.47. The molecule has 2 heteroatoms. The first-order valence-electron chi connectivity index (χ1n) is 5.36. The van der Waals surface area contributed by atoms with Gasteiger partial charge in [0.05, 0.1) is 11.4 Å². The minimum atomic E-state index is 0.497. The van der Waals surface area contributed by atoms with Crippen LogP contribution in [0.2, 0.25) is 0 Å². The summed E-state index contributed by atoms with van der Waals surface area (Å²) in [4.78, 5) is 4.31. The lowest BCUT2D eigenvalue weighted by molar-refractivity contribution is 0.621. The number of hydrogen-bond acceptors (Lipinski definition) is 2. The first kappa shape index (κ1) is 11.0. The number of hydrogen-bond donors (Lipinski definition) is 1. The summed E-state index contributed by atoms with van der Waals surface area (Å²) in [5.41, 5.74) is 8.43. The molecule has 2 nitrogen and oxygen atoms in total. The SMILES string of the molecule is C=C(N)C1=C(C)C(CCCCC)C=N1. The van der Waals surface area contributed by atoms with Crippen LogP contribution in [0.25, 0.3) is 0 Å². The summed E-state index contributed by atoms with van der Waals surface area (Å²) < 4.78 is 0. The summed E-state index contributed by atoms with van der Waals surface area (Å²) in [5, 5.41) is 0. The minimum Gasteiger partial charge on any atom is -0.397 e. The molecule has 0 radical (unpaired) electrons. The average Bonchev–Trinajstić information content (AvgIpc) is 2.48. The molecule has 0 bridgehead atoms. The predicted molar refractivity (Wildman–Crippen MR) is 62.2 cm³/mol. The van der Waals surface area contributed by atoms with Crippen molar-refractivity contribution in [1.82, 2.24) is 0 Å². The molecule has 2 N–H and O–H groups in total. The topological polar surface area (TPSA) is 38.4 Å². The highest BCUT2D eigenvalue weighted by Crippen LogP contribution is 2.27. The first-order chi connectivity index (χ1) is 6.66. The Balaban J connectivity index is 2.51. The molecule has 1 heterocycles. The Morgan fingerprint density at radius 1 is 1.57 bits per heavy atom. The zero-order valence-electron chi connectivity index (χ0n) is 9.21. The van der Waals surface area contributed by atoms with Crippen molar-refractivity contribution in [2.45, 2.75) is 39.5 Å². The number of unbranched alkanes of at least 4 members (excludes halogenated alkanes) is 2. The summed E-state index contributed by atoms with van der Waals surface area (Å²) in [6.45, 7) is 8.05. The summed E-state index contributed by atoms with van der Waals surface area (Å²) in [6.07, 6.45) is 7.05. The lowest BCUT2D eigenvalue weighted by atomic mass is 9.95. The van der Waals surface area contributed by atoms with E-state index in [-0.39, 0.29) is 0 Å². The van der Waals surface area contributed by atoms with Crippen molar-refractivity contribution in [1.29, 1.82) is 0 Å². The summed E-state index contributed by atoms with van der Waals surface area (Å²) in [6, 6.07) is 0. The Kier molecular flexibility index (Phi) is 3.93. The van der Waals surface area contributed by atoms with Crippen LogP contribution < -0.4 is 5.73 Å². The first-order valence-corrected chi connectivity index (χ1v) is 5.36. The van der Waals surface area contributed by atoms with Crippen molar-refractivity contribution in [2.75, 3.05) is 0 Å². The zero-order chi connectivity index (χ0) is 10.6. The van der Waals surface area contributed by atoms with Crippen molar-refractivity contribution < 1.29 is 0 Å². The molecule has 0 aliphatic carbocycles. The van der Waals surface area contributed by atoms with Crippen LogP contribution in [0.4, 0.5) is 0 Å². The summed E-state index contributed by atoms with van der Waals surface area (Å²) in [7, 11) is 0. The Labute approximate surface area is 86.6 Å². The third-order valence-electron chi connectivity index (χ3n) is 2.74. The van der Waals surface area contributed by atoms with Gasteiger partial charge in [0, 0.05) is 12.1 Å². The second kappa shape index (κ2) is 4.99. The molecule has 0 amide bonds. The Hall–Kier alpha value is -1.05. The van der Waals surface area contributed by atoms with Crippen LogP contribution in [0.1, 0.15) is 39.5 Å². The Morgan fingerprint density at radius 3 is 2.79 bits per heavy atom. The van der Waals surface area contributed by atoms with Crippen LogP contribution in [-0.4, -0.2) is 6.21 Å². The molecular weight excluding hydrogens is 172 g/mol. The monoisotopic (exact) mass is 192 g/mol. The van der Waals surface area contributed by atoms with Crippen LogP contribution in [0.5, 0.6) is 0 Å². The molecule has 1 aliphatic heterocycles. The van der Waals surface area contributed by atoms with E-state index in [1.807, 2.05) is 6.21 Å². The molecule has 0 fully saturated rings. The van der Waals surface area contributed by atoms with Crippen molar-refractivity contribution in [3.8, 4) is 0 Å². The number of rotatable bonds is 5. The highest BCUT2D eigenvalue weighted by Gasteiger charge is 2.18. The van der Waals surface area contributed by atoms with E-state index in [2.05, 4.69) is 25.4 Å². The van der Waals surface area contributed by atoms with Crippen molar-refractivity contribution >= 4 is 6.21 Å². The fraction of sp³-hybridized carbons (Fsp3) is 0.583. The minimum absolute atomic E-state index is 0.497. The number of allylic oxidation sites excluding steroid dienone is 1. The van der Waals surface area contributed by atoms with Gasteiger partial charge in [-0.2, -0.15) is 0 Å². The molecule has 0 saturated carbocycles. The van der Waals surface area contributed by atoms with E-state index in [1.165, 1.54) is 31.3 Å². The number of nitrogens with zero attached hydrogens (tertiary/aromatic N) is 1. The lowest BCUT2D eigenvalue weighted by Gasteiger charge is -2.08. The van der Waals surface area contributed by atoms with Crippen LogP contribution in [0, 0.1) is 5.92 Å². The molecule has 0 spiro atoms. The molecule has 1 unspecified atom stereocenters. The maximum atomic E-state index is 5.64. The van der Waals surface area contributed by atoms with Crippen molar-refractivity contribution in [3.05, 3.63) is 23.5 Å². The Morgan fingerprint density at radius 2 is 2.29 bits per heavy atom. The maximum Gasteiger partial charge on any atom is 0.0844 e. The van der Waals surface area contributed by atoms with Gasteiger partial charge in [-0.05, 0) is 18.9 Å². The lowest BCUT2D eigenvalue weighted by Crippen LogP contribution is -2.02. The summed E-state index contributed by atoms with van der Waals surface area (Å²) >= 11 is 0. The molecule has 0 aromatic rings. The molecule has 1 rings (SSSR count). The maximum absolute atomic E-state index is 5.64. The Bertz CT molecular complexity index is 274. The fourth-order valence-corrected chi connectivity index (χ4v) is 1.80. The molecule has 1 atom stereocenters. The highest BCUT2D eigenvalue weighted by molar-refractivity contribution is 5.72. The third-order valence-corrected chi connectivity index (χ3v) is 2.74. The number of aliphatic imine (C=N–C) groups is 1. The van der Waals surface area contributed by atoms with Gasteiger partial charge in [-0.15, -0.1) is 0 Å². The molecule has 0 aromatic heterocycles. The van der Waals surface area contributed by atoms with Crippen LogP contribution in [0.15, 0.2) is 28.5 Å². The van der Waals surface area contributed by atoms with Gasteiger partial charge >= 0.3 is 0 Å². The molecular formula is C12H20N2. The normalized spacial score (nSPS) is 20.6. The largest absolute Gasteiger partial charge is 0.397 e. The standard InChI is InChI=1S/C12H20N2/c1-4-5-6-7-11-8-14-12(9(11)2)10(3)13/h8,11H,3-7,13H2,1-2H3. The van der Waals surface area contributed by atoms with E-state index >= 15 is 0 Å². The van der Waals surface area contributed by atoms with E-state index in [4.69, 9.17) is 5.73 Å². The van der Waals surface area contributed by atoms with E-state index < -0.39 is 0 Å². The van der Waals surface area contributed by atoms with Gasteiger partial charge in [0.1, 0.15) is 0 Å². The van der Waals surface area contributed by atoms with Gasteiger partial charge in [-0.25, -0.2) is 0 Å². The van der Waals surface area contributed by atoms with Crippen LogP contribution >= 0.6 is 0 Å². The van der Waals surface area contributed by atoms with Gasteiger partial charge in [-0.3, -0.25) is 4.99 Å². The van der Waals surface area contributed by atoms with E-state index in [1.54, 1.807) is 0 Å². The molecule has 0 saturated heterocycles. The molecule has 78 valence electrons. The van der Waals surface area contributed by atoms with Gasteiger partial charge in [0.15, 0.2) is 0 Å². The molecule has 1 aliphatic rings. The van der Waals surface area contributed by atoms with Crippen LogP contribution in [0.3, 0.4) is 0 Å². The van der Waals surface area contributed by atoms with E-state index in [9.17, 15) is 0 Å². The van der Waals surface area contributed by atoms with Gasteiger partial charge < -0.3 is 5.73 Å². The second-order valence-electron chi connectivity index (χ2n) is 3.94. The van der Waals surface area contributed by atoms with E-state index in [0.717, 1.165) is 5.70 Å². The van der Waals surface area contributed by atoms with Gasteiger partial charge in [0.25, 0.3) is 0 Å².